The van der Waals surface area contributed by atoms with Crippen LogP contribution >= 0.6 is 0 Å². The van der Waals surface area contributed by atoms with Gasteiger partial charge in [-0.3, -0.25) is 14.4 Å². The lowest BCUT2D eigenvalue weighted by molar-refractivity contribution is 0.0894. The summed E-state index contributed by atoms with van der Waals surface area (Å²) in [6.45, 7) is 6.10. The predicted molar refractivity (Wildman–Crippen MR) is 65.3 cm³/mol. The van der Waals surface area contributed by atoms with Crippen molar-refractivity contribution in [2.45, 2.75) is 46.1 Å². The molecule has 0 spiro atoms. The molecule has 0 bridgehead atoms. The lowest BCUT2D eigenvalue weighted by Gasteiger charge is -2.06. The van der Waals surface area contributed by atoms with Crippen LogP contribution in [-0.2, 0) is 0 Å². The monoisotopic (exact) mass is 220 g/mol. The third-order valence-corrected chi connectivity index (χ3v) is 2.24. The molecule has 0 aliphatic carbocycles. The number of rotatable bonds is 4. The molecule has 0 aliphatic rings. The van der Waals surface area contributed by atoms with Crippen LogP contribution in [0.1, 0.15) is 44.8 Å². The molecule has 88 valence electrons. The fraction of sp³-hybridized carbons (Fsp3) is 0.538. The summed E-state index contributed by atoms with van der Waals surface area (Å²) in [5.41, 5.74) is 0.749. The Bertz CT molecular complexity index is 404. The molecule has 0 N–H and O–H groups in total. The number of nitrogens with zero attached hydrogens (tertiary/aromatic N) is 2. The van der Waals surface area contributed by atoms with Crippen molar-refractivity contribution in [1.29, 1.82) is 0 Å². The van der Waals surface area contributed by atoms with E-state index < -0.39 is 0 Å². The van der Waals surface area contributed by atoms with Crippen LogP contribution in [0.2, 0.25) is 0 Å². The van der Waals surface area contributed by atoms with E-state index in [4.69, 9.17) is 0 Å². The van der Waals surface area contributed by atoms with E-state index in [1.807, 2.05) is 32.0 Å². The Morgan fingerprint density at radius 1 is 1.44 bits per heavy atom. The largest absolute Gasteiger partial charge is 0.274 e. The smallest absolute Gasteiger partial charge is 0.232 e. The molecule has 3 nitrogen and oxygen atoms in total. The molecule has 1 aromatic rings. The second-order valence-corrected chi connectivity index (χ2v) is 4.15. The van der Waals surface area contributed by atoms with Gasteiger partial charge in [-0.15, -0.1) is 0 Å². The highest BCUT2D eigenvalue weighted by Crippen LogP contribution is 1.97. The summed E-state index contributed by atoms with van der Waals surface area (Å²) in [6.07, 6.45) is 4.35. The number of carbonyl (C=O) groups excluding carboxylic acids is 1. The Balaban J connectivity index is 2.99. The quantitative estimate of drug-likeness (QED) is 0.768. The molecule has 16 heavy (non-hydrogen) atoms. The second-order valence-electron chi connectivity index (χ2n) is 4.15. The van der Waals surface area contributed by atoms with Gasteiger partial charge in [-0.05, 0) is 32.4 Å². The lowest BCUT2D eigenvalue weighted by Crippen LogP contribution is -2.27. The van der Waals surface area contributed by atoms with E-state index in [1.54, 1.807) is 10.8 Å². The van der Waals surface area contributed by atoms with Crippen LogP contribution in [0, 0.1) is 0 Å². The van der Waals surface area contributed by atoms with Gasteiger partial charge in [0.05, 0.1) is 0 Å². The number of aromatic nitrogens is 1. The van der Waals surface area contributed by atoms with E-state index in [2.05, 4.69) is 11.9 Å². The average molecular weight is 220 g/mol. The van der Waals surface area contributed by atoms with Crippen molar-refractivity contribution in [2.75, 3.05) is 0 Å². The molecular weight excluding hydrogens is 200 g/mol. The zero-order valence-electron chi connectivity index (χ0n) is 10.3. The van der Waals surface area contributed by atoms with Gasteiger partial charge in [-0.1, -0.05) is 19.4 Å². The summed E-state index contributed by atoms with van der Waals surface area (Å²) in [4.78, 5) is 16.3. The Morgan fingerprint density at radius 3 is 2.81 bits per heavy atom. The summed E-state index contributed by atoms with van der Waals surface area (Å²) >= 11 is 0. The summed E-state index contributed by atoms with van der Waals surface area (Å²) < 4.78 is 1.65. The summed E-state index contributed by atoms with van der Waals surface area (Å²) in [6, 6.07) is 5.85. The summed E-state index contributed by atoms with van der Waals surface area (Å²) in [5, 5.41) is 0. The number of unbranched alkanes of at least 4 members (excludes halogenated alkanes) is 1. The van der Waals surface area contributed by atoms with Crippen molar-refractivity contribution in [3.63, 3.8) is 0 Å². The number of carbonyl (C=O) groups is 1. The maximum atomic E-state index is 11.9. The molecule has 0 saturated heterocycles. The van der Waals surface area contributed by atoms with Gasteiger partial charge in [0, 0.05) is 18.7 Å². The van der Waals surface area contributed by atoms with Gasteiger partial charge in [-0.2, -0.15) is 0 Å². The summed E-state index contributed by atoms with van der Waals surface area (Å²) in [5.74, 6) is 0.127. The topological polar surface area (TPSA) is 34.4 Å². The molecule has 0 aliphatic heterocycles. The van der Waals surface area contributed by atoms with E-state index in [0.29, 0.717) is 6.42 Å². The molecule has 0 fully saturated rings. The fourth-order valence-electron chi connectivity index (χ4n) is 1.46. The Hall–Kier alpha value is -1.38. The minimum atomic E-state index is 0.127. The molecule has 0 unspecified atom stereocenters. The van der Waals surface area contributed by atoms with Gasteiger partial charge in [0.15, 0.2) is 0 Å². The van der Waals surface area contributed by atoms with Crippen LogP contribution in [0.15, 0.2) is 29.4 Å². The van der Waals surface area contributed by atoms with E-state index in [-0.39, 0.29) is 11.9 Å². The van der Waals surface area contributed by atoms with Gasteiger partial charge in [0.2, 0.25) is 5.91 Å². The second kappa shape index (κ2) is 6.26. The molecule has 1 heterocycles. The van der Waals surface area contributed by atoms with Crippen LogP contribution in [0.4, 0.5) is 0 Å². The van der Waals surface area contributed by atoms with Crippen LogP contribution < -0.4 is 5.49 Å². The number of pyridine rings is 1. The van der Waals surface area contributed by atoms with Gasteiger partial charge in [0.25, 0.3) is 0 Å². The highest BCUT2D eigenvalue weighted by atomic mass is 16.2. The first-order chi connectivity index (χ1) is 7.65. The van der Waals surface area contributed by atoms with Crippen LogP contribution in [-0.4, -0.2) is 16.5 Å². The van der Waals surface area contributed by atoms with Crippen molar-refractivity contribution in [3.05, 3.63) is 29.9 Å². The Labute approximate surface area is 96.8 Å². The summed E-state index contributed by atoms with van der Waals surface area (Å²) in [7, 11) is 0. The van der Waals surface area contributed by atoms with Crippen molar-refractivity contribution in [3.8, 4) is 0 Å². The van der Waals surface area contributed by atoms with Crippen molar-refractivity contribution in [1.82, 2.24) is 4.57 Å². The van der Waals surface area contributed by atoms with Crippen molar-refractivity contribution in [2.24, 2.45) is 4.99 Å². The van der Waals surface area contributed by atoms with Crippen molar-refractivity contribution >= 4 is 5.91 Å². The molecule has 0 atom stereocenters. The van der Waals surface area contributed by atoms with Crippen LogP contribution in [0.25, 0.3) is 0 Å². The maximum Gasteiger partial charge on any atom is 0.232 e. The highest BCUT2D eigenvalue weighted by Gasteiger charge is 2.04. The fourth-order valence-corrected chi connectivity index (χ4v) is 1.46. The van der Waals surface area contributed by atoms with Crippen molar-refractivity contribution < 1.29 is 4.79 Å². The molecule has 1 aromatic heterocycles. The van der Waals surface area contributed by atoms with E-state index in [9.17, 15) is 4.79 Å². The third kappa shape index (κ3) is 3.65. The van der Waals surface area contributed by atoms with Crippen LogP contribution in [0.3, 0.4) is 0 Å². The third-order valence-electron chi connectivity index (χ3n) is 2.24. The minimum absolute atomic E-state index is 0.127. The molecule has 0 saturated carbocycles. The molecular formula is C13H20N2O. The molecule has 1 rings (SSSR count). The first kappa shape index (κ1) is 12.7. The van der Waals surface area contributed by atoms with E-state index in [1.165, 1.54) is 0 Å². The SMILES string of the molecule is CCCCC(=O)n1ccccc1=NC(C)C. The van der Waals surface area contributed by atoms with E-state index >= 15 is 0 Å². The molecule has 0 aromatic carbocycles. The predicted octanol–water partition coefficient (Wildman–Crippen LogP) is 2.63. The minimum Gasteiger partial charge on any atom is -0.274 e. The highest BCUT2D eigenvalue weighted by molar-refractivity contribution is 5.78. The lowest BCUT2D eigenvalue weighted by atomic mass is 10.2. The first-order valence-corrected chi connectivity index (χ1v) is 5.90. The maximum absolute atomic E-state index is 11.9. The molecule has 0 radical (unpaired) electrons. The zero-order chi connectivity index (χ0) is 12.0. The normalized spacial score (nSPS) is 12.1. The Kier molecular flexibility index (Phi) is 4.96. The Morgan fingerprint density at radius 2 is 2.19 bits per heavy atom. The number of hydrogen-bond acceptors (Lipinski definition) is 2. The zero-order valence-corrected chi connectivity index (χ0v) is 10.3. The molecule has 0 amide bonds. The van der Waals surface area contributed by atoms with Gasteiger partial charge in [-0.25, -0.2) is 0 Å². The molecule has 3 heteroatoms. The average Bonchev–Trinajstić information content (AvgIpc) is 2.26. The van der Waals surface area contributed by atoms with E-state index in [0.717, 1.165) is 18.3 Å². The van der Waals surface area contributed by atoms with Gasteiger partial charge >= 0.3 is 0 Å². The van der Waals surface area contributed by atoms with Gasteiger partial charge < -0.3 is 0 Å². The first-order valence-electron chi connectivity index (χ1n) is 5.90. The number of hydrogen-bond donors (Lipinski definition) is 0. The van der Waals surface area contributed by atoms with Crippen LogP contribution in [0.5, 0.6) is 0 Å². The standard InChI is InChI=1S/C13H20N2O/c1-4-5-9-13(16)15-10-7-6-8-12(15)14-11(2)3/h6-8,10-11H,4-5,9H2,1-3H3. The van der Waals surface area contributed by atoms with Gasteiger partial charge in [0.1, 0.15) is 5.49 Å².